The molecule has 0 N–H and O–H groups in total. The first kappa shape index (κ1) is 18.3. The lowest BCUT2D eigenvalue weighted by Gasteiger charge is -2.29. The number of nitrogens with zero attached hydrogens (tertiary/aromatic N) is 3. The number of thiophene rings is 1. The fourth-order valence-corrected chi connectivity index (χ4v) is 3.87. The Morgan fingerprint density at radius 2 is 2.00 bits per heavy atom. The highest BCUT2D eigenvalue weighted by atomic mass is 32.1. The average molecular weight is 401 g/mol. The number of hydrogen-bond donors (Lipinski definition) is 0. The van der Waals surface area contributed by atoms with Gasteiger partial charge in [0.2, 0.25) is 5.91 Å². The predicted molar refractivity (Wildman–Crippen MR) is 103 cm³/mol. The average Bonchev–Trinajstić information content (AvgIpc) is 3.36. The Morgan fingerprint density at radius 1 is 1.25 bits per heavy atom. The van der Waals surface area contributed by atoms with E-state index < -0.39 is 5.76 Å². The van der Waals surface area contributed by atoms with Crippen molar-refractivity contribution in [2.75, 3.05) is 20.8 Å². The van der Waals surface area contributed by atoms with Gasteiger partial charge in [-0.05, 0) is 41.1 Å². The number of methoxy groups -OCH3 is 2. The number of rotatable bonds is 5. The Balaban J connectivity index is 1.50. The molecule has 0 aliphatic carbocycles. The molecule has 0 saturated carbocycles. The van der Waals surface area contributed by atoms with Crippen molar-refractivity contribution in [3.05, 3.63) is 51.3 Å². The lowest BCUT2D eigenvalue weighted by molar-refractivity contribution is -0.133. The monoisotopic (exact) mass is 401 g/mol. The topological polar surface area (TPSA) is 86.8 Å². The summed E-state index contributed by atoms with van der Waals surface area (Å²) in [5.41, 5.74) is 2.13. The van der Waals surface area contributed by atoms with E-state index in [0.29, 0.717) is 31.0 Å². The summed E-state index contributed by atoms with van der Waals surface area (Å²) in [5, 5.41) is 6.01. The van der Waals surface area contributed by atoms with Crippen LogP contribution in [0.4, 0.5) is 0 Å². The van der Waals surface area contributed by atoms with Gasteiger partial charge in [-0.2, -0.15) is 4.68 Å². The van der Waals surface area contributed by atoms with Crippen LogP contribution in [0, 0.1) is 0 Å². The summed E-state index contributed by atoms with van der Waals surface area (Å²) in [4.78, 5) is 27.2. The van der Waals surface area contributed by atoms with Crippen molar-refractivity contribution in [2.45, 2.75) is 19.5 Å². The third kappa shape index (κ3) is 3.40. The van der Waals surface area contributed by atoms with Gasteiger partial charge in [0.05, 0.1) is 19.1 Å². The quantitative estimate of drug-likeness (QED) is 0.651. The zero-order chi connectivity index (χ0) is 19.7. The molecule has 0 bridgehead atoms. The molecule has 1 amide bonds. The van der Waals surface area contributed by atoms with Crippen LogP contribution in [0.15, 0.2) is 38.9 Å². The SMILES string of the molecule is COc1cc2c(cc1OC)CN(C(=O)Cn1nc(-c3cccs3)oc1=O)CC2. The minimum absolute atomic E-state index is 0.156. The number of ether oxygens (including phenoxy) is 2. The fraction of sp³-hybridized carbons (Fsp3) is 0.316. The Hall–Kier alpha value is -3.07. The standard InChI is InChI=1S/C19H19N3O5S/c1-25-14-8-12-5-6-21(10-13(12)9-15(14)26-2)17(23)11-22-19(24)27-18(20-22)16-4-3-7-28-16/h3-4,7-9H,5-6,10-11H2,1-2H3. The van der Waals surface area contributed by atoms with Crippen molar-refractivity contribution >= 4 is 17.2 Å². The number of carbonyl (C=O) groups is 1. The Morgan fingerprint density at radius 3 is 2.68 bits per heavy atom. The maximum atomic E-state index is 12.7. The Labute approximate surface area is 164 Å². The minimum atomic E-state index is -0.638. The molecule has 4 rings (SSSR count). The Bertz CT molecular complexity index is 1050. The molecule has 2 aromatic heterocycles. The lowest BCUT2D eigenvalue weighted by Crippen LogP contribution is -2.39. The first-order valence-corrected chi connectivity index (χ1v) is 9.60. The maximum Gasteiger partial charge on any atom is 0.437 e. The van der Waals surface area contributed by atoms with Gasteiger partial charge in [-0.15, -0.1) is 16.4 Å². The third-order valence-electron chi connectivity index (χ3n) is 4.69. The van der Waals surface area contributed by atoms with Crippen LogP contribution in [-0.2, 0) is 24.3 Å². The van der Waals surface area contributed by atoms with Gasteiger partial charge in [-0.3, -0.25) is 4.79 Å². The molecule has 3 heterocycles. The molecule has 28 heavy (non-hydrogen) atoms. The van der Waals surface area contributed by atoms with Crippen LogP contribution >= 0.6 is 11.3 Å². The second kappa shape index (κ2) is 7.51. The number of hydrogen-bond acceptors (Lipinski definition) is 7. The molecule has 1 aliphatic heterocycles. The number of amides is 1. The summed E-state index contributed by atoms with van der Waals surface area (Å²) in [6.45, 7) is 0.848. The van der Waals surface area contributed by atoms with Gasteiger partial charge < -0.3 is 18.8 Å². The molecule has 1 aliphatic rings. The summed E-state index contributed by atoms with van der Waals surface area (Å²) in [7, 11) is 3.18. The van der Waals surface area contributed by atoms with Gasteiger partial charge in [0.15, 0.2) is 11.5 Å². The lowest BCUT2D eigenvalue weighted by atomic mass is 9.98. The molecule has 9 heteroatoms. The molecule has 146 valence electrons. The smallest absolute Gasteiger partial charge is 0.437 e. The molecule has 0 fully saturated rings. The van der Waals surface area contributed by atoms with Crippen LogP contribution in [0.25, 0.3) is 10.8 Å². The molecule has 1 aromatic carbocycles. The van der Waals surface area contributed by atoms with E-state index in [-0.39, 0.29) is 18.3 Å². The molecule has 0 radical (unpaired) electrons. The summed E-state index contributed by atoms with van der Waals surface area (Å²) < 4.78 is 16.9. The van der Waals surface area contributed by atoms with E-state index in [1.165, 1.54) is 11.3 Å². The van der Waals surface area contributed by atoms with Gasteiger partial charge in [0, 0.05) is 13.1 Å². The van der Waals surface area contributed by atoms with Crippen molar-refractivity contribution in [2.24, 2.45) is 0 Å². The Kier molecular flexibility index (Phi) is 4.91. The summed E-state index contributed by atoms with van der Waals surface area (Å²) in [5.74, 6) is 0.711. The van der Waals surface area contributed by atoms with E-state index in [1.54, 1.807) is 19.1 Å². The molecule has 0 saturated heterocycles. The van der Waals surface area contributed by atoms with Crippen LogP contribution < -0.4 is 15.2 Å². The second-order valence-electron chi connectivity index (χ2n) is 6.35. The van der Waals surface area contributed by atoms with Gasteiger partial charge in [-0.25, -0.2) is 4.79 Å². The van der Waals surface area contributed by atoms with Crippen molar-refractivity contribution in [1.29, 1.82) is 0 Å². The largest absolute Gasteiger partial charge is 0.493 e. The van der Waals surface area contributed by atoms with Crippen LogP contribution in [-0.4, -0.2) is 41.4 Å². The third-order valence-corrected chi connectivity index (χ3v) is 5.55. The maximum absolute atomic E-state index is 12.7. The minimum Gasteiger partial charge on any atom is -0.493 e. The highest BCUT2D eigenvalue weighted by Gasteiger charge is 2.24. The van der Waals surface area contributed by atoms with E-state index in [4.69, 9.17) is 13.9 Å². The van der Waals surface area contributed by atoms with Crippen molar-refractivity contribution in [1.82, 2.24) is 14.7 Å². The van der Waals surface area contributed by atoms with Gasteiger partial charge in [-0.1, -0.05) is 6.07 Å². The highest BCUT2D eigenvalue weighted by molar-refractivity contribution is 7.13. The normalized spacial score (nSPS) is 13.3. The first-order chi connectivity index (χ1) is 13.6. The van der Waals surface area contributed by atoms with Crippen molar-refractivity contribution in [3.8, 4) is 22.3 Å². The summed E-state index contributed by atoms with van der Waals surface area (Å²) in [6.07, 6.45) is 0.704. The van der Waals surface area contributed by atoms with E-state index in [1.807, 2.05) is 29.6 Å². The van der Waals surface area contributed by atoms with E-state index in [9.17, 15) is 9.59 Å². The molecule has 0 atom stereocenters. The highest BCUT2D eigenvalue weighted by Crippen LogP contribution is 2.33. The van der Waals surface area contributed by atoms with E-state index >= 15 is 0 Å². The molecule has 3 aromatic rings. The number of benzene rings is 1. The molecular formula is C19H19N3O5S. The zero-order valence-electron chi connectivity index (χ0n) is 15.5. The summed E-state index contributed by atoms with van der Waals surface area (Å²) >= 11 is 1.42. The second-order valence-corrected chi connectivity index (χ2v) is 7.30. The zero-order valence-corrected chi connectivity index (χ0v) is 16.3. The first-order valence-electron chi connectivity index (χ1n) is 8.72. The van der Waals surface area contributed by atoms with Crippen molar-refractivity contribution in [3.63, 3.8) is 0 Å². The van der Waals surface area contributed by atoms with Crippen LogP contribution in [0.3, 0.4) is 0 Å². The number of fused-ring (bicyclic) bond motifs is 1. The van der Waals surface area contributed by atoms with Crippen molar-refractivity contribution < 1.29 is 18.7 Å². The summed E-state index contributed by atoms with van der Waals surface area (Å²) in [6, 6.07) is 7.50. The van der Waals surface area contributed by atoms with Gasteiger partial charge in [0.25, 0.3) is 5.89 Å². The molecule has 8 nitrogen and oxygen atoms in total. The van der Waals surface area contributed by atoms with Crippen LogP contribution in [0.1, 0.15) is 11.1 Å². The number of aromatic nitrogens is 2. The number of carbonyl (C=O) groups excluding carboxylic acids is 1. The molecular weight excluding hydrogens is 382 g/mol. The van der Waals surface area contributed by atoms with Gasteiger partial charge >= 0.3 is 5.76 Å². The van der Waals surface area contributed by atoms with E-state index in [0.717, 1.165) is 20.7 Å². The van der Waals surface area contributed by atoms with E-state index in [2.05, 4.69) is 5.10 Å². The van der Waals surface area contributed by atoms with Crippen LogP contribution in [0.2, 0.25) is 0 Å². The van der Waals surface area contributed by atoms with Gasteiger partial charge in [0.1, 0.15) is 6.54 Å². The fourth-order valence-electron chi connectivity index (χ4n) is 3.23. The molecule has 0 spiro atoms. The molecule has 0 unspecified atom stereocenters. The predicted octanol–water partition coefficient (Wildman–Crippen LogP) is 2.17. The van der Waals surface area contributed by atoms with Crippen LogP contribution in [0.5, 0.6) is 11.5 Å².